The summed E-state index contributed by atoms with van der Waals surface area (Å²) >= 11 is 0. The molecule has 3 rings (SSSR count). The molecule has 1 fully saturated rings. The maximum absolute atomic E-state index is 13.3. The lowest BCUT2D eigenvalue weighted by molar-refractivity contribution is 0.0535. The van der Waals surface area contributed by atoms with Crippen LogP contribution < -0.4 is 4.74 Å². The van der Waals surface area contributed by atoms with Gasteiger partial charge in [-0.05, 0) is 36.4 Å². The highest BCUT2D eigenvalue weighted by molar-refractivity contribution is 5.96. The molecule has 2 aromatic carbocycles. The highest BCUT2D eigenvalue weighted by Crippen LogP contribution is 2.16. The summed E-state index contributed by atoms with van der Waals surface area (Å²) in [6.45, 7) is 1.32. The van der Waals surface area contributed by atoms with Gasteiger partial charge in [-0.3, -0.25) is 9.59 Å². The quantitative estimate of drug-likeness (QED) is 0.845. The third kappa shape index (κ3) is 3.82. The number of hydrogen-bond acceptors (Lipinski definition) is 3. The molecule has 0 aliphatic carbocycles. The molecule has 0 atom stereocenters. The van der Waals surface area contributed by atoms with Crippen LogP contribution in [0.5, 0.6) is 5.75 Å². The van der Waals surface area contributed by atoms with Gasteiger partial charge < -0.3 is 14.5 Å². The summed E-state index contributed by atoms with van der Waals surface area (Å²) < 4.78 is 31.7. The van der Waals surface area contributed by atoms with Crippen molar-refractivity contribution in [2.45, 2.75) is 0 Å². The van der Waals surface area contributed by atoms with Gasteiger partial charge in [-0.2, -0.15) is 0 Å². The lowest BCUT2D eigenvalue weighted by atomic mass is 10.1. The number of hydrogen-bond donors (Lipinski definition) is 0. The third-order valence-corrected chi connectivity index (χ3v) is 4.30. The second kappa shape index (κ2) is 7.51. The molecule has 0 unspecified atom stereocenters. The summed E-state index contributed by atoms with van der Waals surface area (Å²) in [5.74, 6) is -1.49. The molecule has 2 aromatic rings. The monoisotopic (exact) mass is 360 g/mol. The predicted octanol–water partition coefficient (Wildman–Crippen LogP) is 2.57. The zero-order valence-corrected chi connectivity index (χ0v) is 14.2. The number of carbonyl (C=O) groups is 2. The lowest BCUT2D eigenvalue weighted by Gasteiger charge is -2.35. The van der Waals surface area contributed by atoms with Crippen LogP contribution in [0.25, 0.3) is 0 Å². The maximum Gasteiger partial charge on any atom is 0.254 e. The fourth-order valence-electron chi connectivity index (χ4n) is 2.89. The second-order valence-electron chi connectivity index (χ2n) is 5.97. The molecule has 1 heterocycles. The molecular weight excluding hydrogens is 342 g/mol. The van der Waals surface area contributed by atoms with Crippen LogP contribution in [0, 0.1) is 11.6 Å². The van der Waals surface area contributed by atoms with Gasteiger partial charge >= 0.3 is 0 Å². The average molecular weight is 360 g/mol. The number of halogens is 2. The molecule has 26 heavy (non-hydrogen) atoms. The Bertz CT molecular complexity index is 796. The van der Waals surface area contributed by atoms with Gasteiger partial charge in [0.05, 0.1) is 7.11 Å². The molecule has 1 aliphatic heterocycles. The van der Waals surface area contributed by atoms with Gasteiger partial charge in [0, 0.05) is 43.4 Å². The molecule has 5 nitrogen and oxygen atoms in total. The van der Waals surface area contributed by atoms with Gasteiger partial charge in [-0.25, -0.2) is 8.78 Å². The Kier molecular flexibility index (Phi) is 5.16. The van der Waals surface area contributed by atoms with Crippen LogP contribution in [0.15, 0.2) is 42.5 Å². The molecule has 0 saturated carbocycles. The van der Waals surface area contributed by atoms with Crippen molar-refractivity contribution in [3.05, 3.63) is 65.2 Å². The third-order valence-electron chi connectivity index (χ3n) is 4.30. The minimum Gasteiger partial charge on any atom is -0.497 e. The number of benzene rings is 2. The number of nitrogens with zero attached hydrogens (tertiary/aromatic N) is 2. The van der Waals surface area contributed by atoms with Gasteiger partial charge in [0.1, 0.15) is 17.4 Å². The molecule has 0 bridgehead atoms. The first-order valence-corrected chi connectivity index (χ1v) is 8.16. The number of rotatable bonds is 3. The van der Waals surface area contributed by atoms with Crippen molar-refractivity contribution in [1.82, 2.24) is 9.80 Å². The van der Waals surface area contributed by atoms with Gasteiger partial charge in [-0.1, -0.05) is 0 Å². The van der Waals surface area contributed by atoms with Crippen LogP contribution in [0.1, 0.15) is 20.7 Å². The fourth-order valence-corrected chi connectivity index (χ4v) is 2.89. The lowest BCUT2D eigenvalue weighted by Crippen LogP contribution is -2.50. The van der Waals surface area contributed by atoms with E-state index in [0.717, 1.165) is 18.2 Å². The molecule has 1 saturated heterocycles. The minimum absolute atomic E-state index is 0.0302. The van der Waals surface area contributed by atoms with E-state index in [9.17, 15) is 18.4 Å². The predicted molar refractivity (Wildman–Crippen MR) is 91.2 cm³/mol. The SMILES string of the molecule is COc1ccc(C(=O)N2CCN(C(=O)c3cc(F)cc(F)c3)CC2)cc1. The first kappa shape index (κ1) is 17.8. The first-order chi connectivity index (χ1) is 12.5. The van der Waals surface area contributed by atoms with Crippen LogP contribution >= 0.6 is 0 Å². The number of methoxy groups -OCH3 is 1. The van der Waals surface area contributed by atoms with Gasteiger partial charge in [0.25, 0.3) is 11.8 Å². The molecule has 0 spiro atoms. The summed E-state index contributed by atoms with van der Waals surface area (Å²) in [6, 6.07) is 9.56. The van der Waals surface area contributed by atoms with Crippen LogP contribution in [0.3, 0.4) is 0 Å². The van der Waals surface area contributed by atoms with E-state index in [1.807, 2.05) is 0 Å². The van der Waals surface area contributed by atoms with E-state index in [2.05, 4.69) is 0 Å². The fraction of sp³-hybridized carbons (Fsp3) is 0.263. The van der Waals surface area contributed by atoms with Gasteiger partial charge in [-0.15, -0.1) is 0 Å². The van der Waals surface area contributed by atoms with E-state index >= 15 is 0 Å². The highest BCUT2D eigenvalue weighted by atomic mass is 19.1. The Balaban J connectivity index is 1.62. The topological polar surface area (TPSA) is 49.9 Å². The molecular formula is C19H18F2N2O3. The van der Waals surface area contributed by atoms with Crippen molar-refractivity contribution in [3.63, 3.8) is 0 Å². The summed E-state index contributed by atoms with van der Waals surface area (Å²) in [4.78, 5) is 28.1. The summed E-state index contributed by atoms with van der Waals surface area (Å²) in [7, 11) is 1.55. The van der Waals surface area contributed by atoms with Gasteiger partial charge in [0.2, 0.25) is 0 Å². The van der Waals surface area contributed by atoms with E-state index in [1.165, 1.54) is 4.90 Å². The summed E-state index contributed by atoms with van der Waals surface area (Å²) in [6.07, 6.45) is 0. The molecule has 1 aliphatic rings. The Morgan fingerprint density at radius 3 is 1.73 bits per heavy atom. The Morgan fingerprint density at radius 2 is 1.27 bits per heavy atom. The summed E-state index contributed by atoms with van der Waals surface area (Å²) in [5, 5.41) is 0. The van der Waals surface area contributed by atoms with Crippen molar-refractivity contribution < 1.29 is 23.1 Å². The van der Waals surface area contributed by atoms with Crippen LogP contribution in [0.2, 0.25) is 0 Å². The zero-order chi connectivity index (χ0) is 18.7. The summed E-state index contributed by atoms with van der Waals surface area (Å²) in [5.41, 5.74) is 0.509. The smallest absolute Gasteiger partial charge is 0.254 e. The van der Waals surface area contributed by atoms with E-state index in [4.69, 9.17) is 4.74 Å². The maximum atomic E-state index is 13.3. The van der Waals surface area contributed by atoms with E-state index in [0.29, 0.717) is 37.5 Å². The number of piperazine rings is 1. The Labute approximate surface area is 149 Å². The first-order valence-electron chi connectivity index (χ1n) is 8.16. The normalized spacial score (nSPS) is 14.3. The zero-order valence-electron chi connectivity index (χ0n) is 14.2. The van der Waals surface area contributed by atoms with Crippen molar-refractivity contribution in [3.8, 4) is 5.75 Å². The molecule has 0 aromatic heterocycles. The number of ether oxygens (including phenoxy) is 1. The van der Waals surface area contributed by atoms with E-state index < -0.39 is 17.5 Å². The number of amides is 2. The molecule has 2 amide bonds. The van der Waals surface area contributed by atoms with Crippen molar-refractivity contribution in [2.24, 2.45) is 0 Å². The van der Waals surface area contributed by atoms with E-state index in [1.54, 1.807) is 36.3 Å². The van der Waals surface area contributed by atoms with Crippen LogP contribution in [0.4, 0.5) is 8.78 Å². The van der Waals surface area contributed by atoms with Crippen molar-refractivity contribution >= 4 is 11.8 Å². The Hall–Kier alpha value is -2.96. The number of carbonyl (C=O) groups excluding carboxylic acids is 2. The second-order valence-corrected chi connectivity index (χ2v) is 5.97. The molecule has 0 radical (unpaired) electrons. The van der Waals surface area contributed by atoms with Crippen molar-refractivity contribution in [1.29, 1.82) is 0 Å². The van der Waals surface area contributed by atoms with Crippen molar-refractivity contribution in [2.75, 3.05) is 33.3 Å². The Morgan fingerprint density at radius 1 is 0.808 bits per heavy atom. The molecule has 7 heteroatoms. The average Bonchev–Trinajstić information content (AvgIpc) is 2.66. The van der Waals surface area contributed by atoms with E-state index in [-0.39, 0.29) is 11.5 Å². The largest absolute Gasteiger partial charge is 0.497 e. The highest BCUT2D eigenvalue weighted by Gasteiger charge is 2.26. The van der Waals surface area contributed by atoms with Crippen LogP contribution in [-0.4, -0.2) is 54.9 Å². The van der Waals surface area contributed by atoms with Crippen LogP contribution in [-0.2, 0) is 0 Å². The molecule has 136 valence electrons. The minimum atomic E-state index is -0.790. The van der Waals surface area contributed by atoms with Gasteiger partial charge in [0.15, 0.2) is 0 Å². The molecule has 0 N–H and O–H groups in total. The standard InChI is InChI=1S/C19H18F2N2O3/c1-26-17-4-2-13(3-5-17)18(24)22-6-8-23(9-7-22)19(25)14-10-15(20)12-16(21)11-14/h2-5,10-12H,6-9H2,1H3.